The van der Waals surface area contributed by atoms with Gasteiger partial charge < -0.3 is 11.1 Å². The number of nitrogens with two attached hydrogens (primary N) is 1. The third-order valence-electron chi connectivity index (χ3n) is 5.27. The second kappa shape index (κ2) is 6.07. The van der Waals surface area contributed by atoms with Crippen LogP contribution in [0.25, 0.3) is 32.2 Å². The normalized spacial score (nSPS) is 15.9. The van der Waals surface area contributed by atoms with Crippen molar-refractivity contribution in [3.63, 3.8) is 0 Å². The molecule has 5 rings (SSSR count). The molecule has 1 aliphatic heterocycles. The summed E-state index contributed by atoms with van der Waals surface area (Å²) >= 11 is 1.58. The molecule has 132 valence electrons. The molecule has 6 heteroatoms. The lowest BCUT2D eigenvalue weighted by molar-refractivity contribution is 0.462. The minimum atomic E-state index is 0.544. The molecular formula is C20H21N5S. The Morgan fingerprint density at radius 1 is 1.15 bits per heavy atom. The van der Waals surface area contributed by atoms with Gasteiger partial charge in [-0.1, -0.05) is 17.4 Å². The molecule has 3 heterocycles. The first kappa shape index (κ1) is 15.8. The second-order valence-electron chi connectivity index (χ2n) is 7.06. The number of nitrogens with zero attached hydrogens (tertiary/aromatic N) is 3. The lowest BCUT2D eigenvalue weighted by atomic mass is 9.87. The van der Waals surface area contributed by atoms with Crippen molar-refractivity contribution in [3.8, 4) is 11.1 Å². The van der Waals surface area contributed by atoms with E-state index >= 15 is 0 Å². The first-order valence-electron chi connectivity index (χ1n) is 9.02. The molecule has 0 unspecified atom stereocenters. The van der Waals surface area contributed by atoms with Crippen molar-refractivity contribution < 1.29 is 0 Å². The minimum absolute atomic E-state index is 0.544. The summed E-state index contributed by atoms with van der Waals surface area (Å²) in [5.41, 5.74) is 12.0. The van der Waals surface area contributed by atoms with Gasteiger partial charge in [0.15, 0.2) is 5.13 Å². The van der Waals surface area contributed by atoms with E-state index in [2.05, 4.69) is 51.9 Å². The fourth-order valence-electron chi connectivity index (χ4n) is 4.01. The summed E-state index contributed by atoms with van der Waals surface area (Å²) in [5, 5.41) is 9.74. The van der Waals surface area contributed by atoms with Crippen LogP contribution in [-0.4, -0.2) is 27.9 Å². The molecule has 2 aromatic heterocycles. The van der Waals surface area contributed by atoms with Crippen LogP contribution < -0.4 is 11.1 Å². The van der Waals surface area contributed by atoms with E-state index in [9.17, 15) is 0 Å². The minimum Gasteiger partial charge on any atom is -0.375 e. The average molecular weight is 363 g/mol. The van der Waals surface area contributed by atoms with Crippen LogP contribution in [0.1, 0.15) is 24.3 Å². The van der Waals surface area contributed by atoms with Gasteiger partial charge in [0, 0.05) is 18.6 Å². The van der Waals surface area contributed by atoms with Gasteiger partial charge in [-0.05, 0) is 72.8 Å². The first-order chi connectivity index (χ1) is 12.7. The molecule has 5 nitrogen and oxygen atoms in total. The molecule has 3 N–H and O–H groups in total. The zero-order valence-corrected chi connectivity index (χ0v) is 15.5. The first-order valence-corrected chi connectivity index (χ1v) is 9.83. The van der Waals surface area contributed by atoms with Crippen LogP contribution in [0.4, 0.5) is 5.13 Å². The van der Waals surface area contributed by atoms with Gasteiger partial charge in [-0.25, -0.2) is 4.98 Å². The third kappa shape index (κ3) is 2.66. The Labute approximate surface area is 155 Å². The molecule has 2 aromatic carbocycles. The molecule has 0 aliphatic carbocycles. The van der Waals surface area contributed by atoms with Crippen molar-refractivity contribution in [2.45, 2.75) is 18.8 Å². The number of rotatable bonds is 2. The Hall–Kier alpha value is -2.44. The number of benzene rings is 2. The van der Waals surface area contributed by atoms with Crippen LogP contribution in [0.2, 0.25) is 0 Å². The topological polar surface area (TPSA) is 68.8 Å². The maximum absolute atomic E-state index is 6.04. The fraction of sp³-hybridized carbons (Fsp3) is 0.300. The summed E-state index contributed by atoms with van der Waals surface area (Å²) in [7, 11) is 1.96. The van der Waals surface area contributed by atoms with Gasteiger partial charge in [0.05, 0.1) is 15.7 Å². The average Bonchev–Trinajstić information content (AvgIpc) is 3.21. The van der Waals surface area contributed by atoms with E-state index in [1.165, 1.54) is 21.4 Å². The molecule has 1 aliphatic rings. The van der Waals surface area contributed by atoms with Crippen molar-refractivity contribution in [1.82, 2.24) is 20.1 Å². The van der Waals surface area contributed by atoms with E-state index in [-0.39, 0.29) is 0 Å². The molecule has 4 aromatic rings. The standard InChI is InChI=1S/C20H21N5S/c1-25-11-15-8-13(2-3-17(15)24-25)14-9-16(12-4-6-22-7-5-12)19-18(10-14)26-20(21)23-19/h2-3,8-12,22H,4-7H2,1H3,(H2,21,23). The zero-order chi connectivity index (χ0) is 17.7. The summed E-state index contributed by atoms with van der Waals surface area (Å²) in [5.74, 6) is 0.544. The number of hydrogen-bond acceptors (Lipinski definition) is 5. The summed E-state index contributed by atoms with van der Waals surface area (Å²) in [6.07, 6.45) is 4.37. The second-order valence-corrected chi connectivity index (χ2v) is 8.13. The highest BCUT2D eigenvalue weighted by molar-refractivity contribution is 7.22. The van der Waals surface area contributed by atoms with E-state index in [4.69, 9.17) is 5.73 Å². The molecular weight excluding hydrogens is 342 g/mol. The summed E-state index contributed by atoms with van der Waals surface area (Å²) in [6.45, 7) is 2.13. The van der Waals surface area contributed by atoms with Crippen LogP contribution in [0.5, 0.6) is 0 Å². The van der Waals surface area contributed by atoms with E-state index in [1.807, 2.05) is 11.7 Å². The fourth-order valence-corrected chi connectivity index (χ4v) is 4.82. The molecule has 1 saturated heterocycles. The van der Waals surface area contributed by atoms with Crippen molar-refractivity contribution in [2.24, 2.45) is 7.05 Å². The Bertz CT molecular complexity index is 1100. The Kier molecular flexibility index (Phi) is 3.69. The molecule has 0 amide bonds. The summed E-state index contributed by atoms with van der Waals surface area (Å²) in [4.78, 5) is 4.64. The van der Waals surface area contributed by atoms with Gasteiger partial charge in [0.2, 0.25) is 0 Å². The van der Waals surface area contributed by atoms with Crippen molar-refractivity contribution in [1.29, 1.82) is 0 Å². The number of hydrogen-bond donors (Lipinski definition) is 2. The number of aromatic nitrogens is 3. The maximum atomic E-state index is 6.04. The highest BCUT2D eigenvalue weighted by atomic mass is 32.1. The Morgan fingerprint density at radius 2 is 2.00 bits per heavy atom. The van der Waals surface area contributed by atoms with Crippen LogP contribution in [0, 0.1) is 0 Å². The van der Waals surface area contributed by atoms with Gasteiger partial charge >= 0.3 is 0 Å². The number of nitrogens with one attached hydrogen (secondary N) is 1. The van der Waals surface area contributed by atoms with Crippen LogP contribution in [0.15, 0.2) is 36.5 Å². The van der Waals surface area contributed by atoms with Crippen molar-refractivity contribution >= 4 is 37.6 Å². The number of aryl methyl sites for hydroxylation is 1. The molecule has 0 bridgehead atoms. The predicted octanol–water partition coefficient (Wildman–Crippen LogP) is 3.90. The highest BCUT2D eigenvalue weighted by Crippen LogP contribution is 2.38. The van der Waals surface area contributed by atoms with Crippen LogP contribution in [0.3, 0.4) is 0 Å². The zero-order valence-electron chi connectivity index (χ0n) is 14.7. The third-order valence-corrected chi connectivity index (χ3v) is 6.10. The van der Waals surface area contributed by atoms with Gasteiger partial charge in [-0.3, -0.25) is 4.68 Å². The predicted molar refractivity (Wildman–Crippen MR) is 109 cm³/mol. The summed E-state index contributed by atoms with van der Waals surface area (Å²) < 4.78 is 3.04. The lowest BCUT2D eigenvalue weighted by Gasteiger charge is -2.23. The number of piperidine rings is 1. The van der Waals surface area contributed by atoms with Gasteiger partial charge in [-0.15, -0.1) is 0 Å². The van der Waals surface area contributed by atoms with Gasteiger partial charge in [0.25, 0.3) is 0 Å². The van der Waals surface area contributed by atoms with E-state index < -0.39 is 0 Å². The molecule has 0 saturated carbocycles. The SMILES string of the molecule is Cn1cc2cc(-c3cc(C4CCNCC4)c4nc(N)sc4c3)ccc2n1. The summed E-state index contributed by atoms with van der Waals surface area (Å²) in [6, 6.07) is 11.0. The van der Waals surface area contributed by atoms with E-state index in [0.717, 1.165) is 42.4 Å². The quantitative estimate of drug-likeness (QED) is 0.567. The smallest absolute Gasteiger partial charge is 0.181 e. The van der Waals surface area contributed by atoms with E-state index in [0.29, 0.717) is 11.0 Å². The van der Waals surface area contributed by atoms with Crippen molar-refractivity contribution in [3.05, 3.63) is 42.1 Å². The van der Waals surface area contributed by atoms with Crippen LogP contribution >= 0.6 is 11.3 Å². The monoisotopic (exact) mass is 363 g/mol. The maximum Gasteiger partial charge on any atom is 0.181 e. The molecule has 26 heavy (non-hydrogen) atoms. The molecule has 0 spiro atoms. The number of nitrogen functional groups attached to an aromatic ring is 1. The van der Waals surface area contributed by atoms with Crippen LogP contribution in [-0.2, 0) is 7.05 Å². The lowest BCUT2D eigenvalue weighted by Crippen LogP contribution is -2.26. The largest absolute Gasteiger partial charge is 0.375 e. The Morgan fingerprint density at radius 3 is 2.85 bits per heavy atom. The highest BCUT2D eigenvalue weighted by Gasteiger charge is 2.20. The molecule has 0 radical (unpaired) electrons. The van der Waals surface area contributed by atoms with Gasteiger partial charge in [0.1, 0.15) is 0 Å². The molecule has 0 atom stereocenters. The number of anilines is 1. The Balaban J connectivity index is 1.68. The van der Waals surface area contributed by atoms with Gasteiger partial charge in [-0.2, -0.15) is 5.10 Å². The number of fused-ring (bicyclic) bond motifs is 2. The molecule has 1 fully saturated rings. The van der Waals surface area contributed by atoms with Crippen molar-refractivity contribution in [2.75, 3.05) is 18.8 Å². The number of thiazole rings is 1. The van der Waals surface area contributed by atoms with E-state index in [1.54, 1.807) is 11.3 Å².